The molecule has 1 aromatic carbocycles. The molecule has 5 unspecified atom stereocenters. The van der Waals surface area contributed by atoms with Crippen LogP contribution in [0.5, 0.6) is 0 Å². The van der Waals surface area contributed by atoms with Crippen molar-refractivity contribution in [3.63, 3.8) is 0 Å². The molecule has 118 valence electrons. The molecular weight excluding hydrogens is 394 g/mol. The van der Waals surface area contributed by atoms with Gasteiger partial charge < -0.3 is 10.1 Å². The van der Waals surface area contributed by atoms with E-state index in [1.54, 1.807) is 0 Å². The van der Waals surface area contributed by atoms with Gasteiger partial charge in [-0.25, -0.2) is 0 Å². The molecule has 2 nitrogen and oxygen atoms in total. The van der Waals surface area contributed by atoms with Gasteiger partial charge in [-0.2, -0.15) is 0 Å². The van der Waals surface area contributed by atoms with Gasteiger partial charge in [0.05, 0.1) is 12.2 Å². The lowest BCUT2D eigenvalue weighted by Crippen LogP contribution is -2.35. The molecule has 21 heavy (non-hydrogen) atoms. The highest BCUT2D eigenvalue weighted by Gasteiger charge is 2.42. The Balaban J connectivity index is 2.42. The van der Waals surface area contributed by atoms with Crippen molar-refractivity contribution in [2.45, 2.75) is 52.9 Å². The van der Waals surface area contributed by atoms with Crippen molar-refractivity contribution >= 4 is 31.9 Å². The lowest BCUT2D eigenvalue weighted by Gasteiger charge is -2.31. The van der Waals surface area contributed by atoms with Crippen LogP contribution in [0, 0.1) is 18.8 Å². The van der Waals surface area contributed by atoms with Crippen LogP contribution >= 0.6 is 31.9 Å². The Kier molecular flexibility index (Phi) is 5.91. The summed E-state index contributed by atoms with van der Waals surface area (Å²) in [6, 6.07) is 4.74. The summed E-state index contributed by atoms with van der Waals surface area (Å²) < 4.78 is 8.40. The third-order valence-corrected chi connectivity index (χ3v) is 6.28. The fourth-order valence-electron chi connectivity index (χ4n) is 3.44. The van der Waals surface area contributed by atoms with Crippen molar-refractivity contribution < 1.29 is 4.74 Å². The summed E-state index contributed by atoms with van der Waals surface area (Å²) in [5, 5.41) is 3.68. The maximum Gasteiger partial charge on any atom is 0.0600 e. The van der Waals surface area contributed by atoms with Gasteiger partial charge in [0.2, 0.25) is 0 Å². The van der Waals surface area contributed by atoms with E-state index in [-0.39, 0.29) is 6.10 Å². The summed E-state index contributed by atoms with van der Waals surface area (Å²) in [5.74, 6) is 1.02. The number of hydrogen-bond acceptors (Lipinski definition) is 2. The minimum absolute atomic E-state index is 0.269. The van der Waals surface area contributed by atoms with Crippen LogP contribution in [0.4, 0.5) is 0 Å². The van der Waals surface area contributed by atoms with Crippen molar-refractivity contribution in [3.8, 4) is 0 Å². The highest BCUT2D eigenvalue weighted by molar-refractivity contribution is 9.11. The van der Waals surface area contributed by atoms with Crippen molar-refractivity contribution in [1.82, 2.24) is 5.32 Å². The van der Waals surface area contributed by atoms with E-state index in [0.29, 0.717) is 24.0 Å². The number of hydrogen-bond donors (Lipinski definition) is 1. The molecular formula is C17H25Br2NO. The first-order valence-corrected chi connectivity index (χ1v) is 9.29. The summed E-state index contributed by atoms with van der Waals surface area (Å²) in [4.78, 5) is 0. The molecule has 0 radical (unpaired) electrons. The largest absolute Gasteiger partial charge is 0.375 e. The van der Waals surface area contributed by atoms with Crippen molar-refractivity contribution in [3.05, 3.63) is 32.2 Å². The molecule has 0 aromatic heterocycles. The maximum atomic E-state index is 6.06. The fraction of sp³-hybridized carbons (Fsp3) is 0.647. The molecule has 1 N–H and O–H groups in total. The zero-order valence-corrected chi connectivity index (χ0v) is 16.6. The summed E-state index contributed by atoms with van der Waals surface area (Å²) in [5.41, 5.74) is 2.56. The smallest absolute Gasteiger partial charge is 0.0600 e. The van der Waals surface area contributed by atoms with Crippen LogP contribution in [0.25, 0.3) is 0 Å². The molecule has 0 amide bonds. The van der Waals surface area contributed by atoms with Gasteiger partial charge in [-0.3, -0.25) is 0 Å². The van der Waals surface area contributed by atoms with E-state index in [2.05, 4.69) is 83.9 Å². The molecule has 0 saturated carbocycles. The average molecular weight is 419 g/mol. The Hall–Kier alpha value is 0.1000. The Morgan fingerprint density at radius 3 is 2.33 bits per heavy atom. The van der Waals surface area contributed by atoms with E-state index in [1.807, 2.05) is 0 Å². The number of benzene rings is 1. The SMILES string of the molecule is CCNC(c1cc(Br)c(C)cc1Br)C1C(C)OC(C)C1C. The molecule has 1 aliphatic rings. The summed E-state index contributed by atoms with van der Waals surface area (Å²) in [7, 11) is 0. The second-order valence-corrected chi connectivity index (χ2v) is 7.85. The zero-order valence-electron chi connectivity index (χ0n) is 13.4. The number of rotatable bonds is 4. The first-order valence-electron chi connectivity index (χ1n) is 7.71. The third kappa shape index (κ3) is 3.54. The predicted molar refractivity (Wildman–Crippen MR) is 95.7 cm³/mol. The summed E-state index contributed by atoms with van der Waals surface area (Å²) in [6.07, 6.45) is 0.588. The zero-order chi connectivity index (χ0) is 15.7. The van der Waals surface area contributed by atoms with Gasteiger partial charge in [-0.1, -0.05) is 45.7 Å². The van der Waals surface area contributed by atoms with E-state index in [9.17, 15) is 0 Å². The number of halogens is 2. The van der Waals surface area contributed by atoms with E-state index in [4.69, 9.17) is 4.74 Å². The average Bonchev–Trinajstić information content (AvgIpc) is 2.66. The molecule has 1 aromatic rings. The van der Waals surface area contributed by atoms with Crippen molar-refractivity contribution in [2.24, 2.45) is 11.8 Å². The van der Waals surface area contributed by atoms with Crippen LogP contribution in [0.1, 0.15) is 44.9 Å². The second-order valence-electron chi connectivity index (χ2n) is 6.14. The highest BCUT2D eigenvalue weighted by Crippen LogP contribution is 2.43. The van der Waals surface area contributed by atoms with Gasteiger partial charge >= 0.3 is 0 Å². The Bertz CT molecular complexity index is 506. The summed E-state index contributed by atoms with van der Waals surface area (Å²) >= 11 is 7.42. The molecule has 2 rings (SSSR count). The first kappa shape index (κ1) is 17.5. The van der Waals surface area contributed by atoms with Crippen LogP contribution in [0.3, 0.4) is 0 Å². The van der Waals surface area contributed by atoms with Gasteiger partial charge in [0.25, 0.3) is 0 Å². The van der Waals surface area contributed by atoms with Gasteiger partial charge in [0.1, 0.15) is 0 Å². The number of ether oxygens (including phenoxy) is 1. The van der Waals surface area contributed by atoms with E-state index >= 15 is 0 Å². The van der Waals surface area contributed by atoms with Gasteiger partial charge in [-0.05, 0) is 56.5 Å². The summed E-state index contributed by atoms with van der Waals surface area (Å²) in [6.45, 7) is 11.9. The minimum atomic E-state index is 0.269. The molecule has 0 spiro atoms. The molecule has 1 heterocycles. The third-order valence-electron chi connectivity index (χ3n) is 4.74. The monoisotopic (exact) mass is 417 g/mol. The fourth-order valence-corrected chi connectivity index (χ4v) is 4.51. The van der Waals surface area contributed by atoms with Crippen molar-refractivity contribution in [2.75, 3.05) is 6.54 Å². The molecule has 5 atom stereocenters. The van der Waals surface area contributed by atoms with Crippen LogP contribution in [0.15, 0.2) is 21.1 Å². The number of aryl methyl sites for hydroxylation is 1. The molecule has 4 heteroatoms. The topological polar surface area (TPSA) is 21.3 Å². The second kappa shape index (κ2) is 7.12. The lowest BCUT2D eigenvalue weighted by atomic mass is 9.80. The van der Waals surface area contributed by atoms with E-state index in [1.165, 1.54) is 15.6 Å². The molecule has 1 aliphatic heterocycles. The maximum absolute atomic E-state index is 6.06. The quantitative estimate of drug-likeness (QED) is 0.722. The van der Waals surface area contributed by atoms with Gasteiger partial charge in [0.15, 0.2) is 0 Å². The van der Waals surface area contributed by atoms with Crippen LogP contribution in [-0.4, -0.2) is 18.8 Å². The van der Waals surface area contributed by atoms with E-state index in [0.717, 1.165) is 11.0 Å². The van der Waals surface area contributed by atoms with Crippen molar-refractivity contribution in [1.29, 1.82) is 0 Å². The van der Waals surface area contributed by atoms with Crippen LogP contribution in [-0.2, 0) is 4.74 Å². The highest BCUT2D eigenvalue weighted by atomic mass is 79.9. The Morgan fingerprint density at radius 1 is 1.14 bits per heavy atom. The molecule has 1 fully saturated rings. The standard InChI is InChI=1S/C17H25Br2NO/c1-6-20-17(16-10(3)11(4)21-12(16)5)13-8-14(18)9(2)7-15(13)19/h7-8,10-12,16-17,20H,6H2,1-5H3. The molecule has 0 aliphatic carbocycles. The first-order chi connectivity index (χ1) is 9.86. The van der Waals surface area contributed by atoms with E-state index < -0.39 is 0 Å². The predicted octanol–water partition coefficient (Wildman–Crippen LogP) is 5.23. The Morgan fingerprint density at radius 2 is 1.81 bits per heavy atom. The molecule has 0 bridgehead atoms. The van der Waals surface area contributed by atoms with Gasteiger partial charge in [0, 0.05) is 20.9 Å². The normalized spacial score (nSPS) is 30.6. The van der Waals surface area contributed by atoms with Crippen LogP contribution < -0.4 is 5.32 Å². The minimum Gasteiger partial charge on any atom is -0.375 e. The Labute approximate surface area is 145 Å². The van der Waals surface area contributed by atoms with Gasteiger partial charge in [-0.15, -0.1) is 0 Å². The molecule has 1 saturated heterocycles. The van der Waals surface area contributed by atoms with Crippen LogP contribution in [0.2, 0.25) is 0 Å². The number of nitrogens with one attached hydrogen (secondary N) is 1. The lowest BCUT2D eigenvalue weighted by molar-refractivity contribution is 0.0475.